The van der Waals surface area contributed by atoms with Crippen molar-refractivity contribution in [2.75, 3.05) is 5.32 Å². The van der Waals surface area contributed by atoms with Gasteiger partial charge in [-0.15, -0.1) is 0 Å². The summed E-state index contributed by atoms with van der Waals surface area (Å²) in [6.07, 6.45) is 10.3. The Kier molecular flexibility index (Phi) is 4.09. The van der Waals surface area contributed by atoms with E-state index in [9.17, 15) is 4.79 Å². The van der Waals surface area contributed by atoms with Crippen molar-refractivity contribution in [2.24, 2.45) is 5.92 Å². The van der Waals surface area contributed by atoms with Crippen LogP contribution < -0.4 is 5.32 Å². The van der Waals surface area contributed by atoms with Gasteiger partial charge < -0.3 is 9.88 Å². The van der Waals surface area contributed by atoms with Crippen LogP contribution >= 0.6 is 0 Å². The van der Waals surface area contributed by atoms with E-state index in [0.29, 0.717) is 0 Å². The molecule has 1 saturated carbocycles. The highest BCUT2D eigenvalue weighted by molar-refractivity contribution is 6.00. The number of aromatic nitrogens is 1. The third-order valence-corrected chi connectivity index (χ3v) is 4.40. The first kappa shape index (κ1) is 13.9. The van der Waals surface area contributed by atoms with Gasteiger partial charge in [-0.05, 0) is 49.1 Å². The summed E-state index contributed by atoms with van der Waals surface area (Å²) in [6, 6.07) is 8.20. The van der Waals surface area contributed by atoms with Crippen LogP contribution in [0.5, 0.6) is 0 Å². The molecule has 1 aliphatic carbocycles. The standard InChI is InChI=1S/C18H22N2O/c1-2-18(21)19-16-8-9-17-15(12-16)10-11-20(17)13-14-6-4-3-5-7-14/h2,8-12,14H,1,3-7,13H2,(H,19,21). The van der Waals surface area contributed by atoms with Crippen molar-refractivity contribution in [1.82, 2.24) is 4.57 Å². The minimum atomic E-state index is -0.170. The fourth-order valence-corrected chi connectivity index (χ4v) is 3.28. The number of hydrogen-bond acceptors (Lipinski definition) is 1. The molecule has 1 aliphatic rings. The van der Waals surface area contributed by atoms with E-state index in [-0.39, 0.29) is 5.91 Å². The molecule has 110 valence electrons. The quantitative estimate of drug-likeness (QED) is 0.831. The van der Waals surface area contributed by atoms with Crippen molar-refractivity contribution in [3.05, 3.63) is 43.1 Å². The van der Waals surface area contributed by atoms with E-state index in [1.807, 2.05) is 12.1 Å². The normalized spacial score (nSPS) is 16.0. The van der Waals surface area contributed by atoms with Crippen LogP contribution in [0, 0.1) is 5.92 Å². The zero-order valence-corrected chi connectivity index (χ0v) is 12.3. The molecule has 0 saturated heterocycles. The molecular weight excluding hydrogens is 260 g/mol. The van der Waals surface area contributed by atoms with E-state index in [0.717, 1.165) is 18.2 Å². The highest BCUT2D eigenvalue weighted by atomic mass is 16.1. The lowest BCUT2D eigenvalue weighted by molar-refractivity contribution is -0.111. The Balaban J connectivity index is 1.78. The second kappa shape index (κ2) is 6.17. The lowest BCUT2D eigenvalue weighted by Crippen LogP contribution is -2.13. The van der Waals surface area contributed by atoms with Gasteiger partial charge in [-0.3, -0.25) is 4.79 Å². The highest BCUT2D eigenvalue weighted by Gasteiger charge is 2.14. The lowest BCUT2D eigenvalue weighted by Gasteiger charge is -2.22. The second-order valence-corrected chi connectivity index (χ2v) is 5.94. The maximum Gasteiger partial charge on any atom is 0.247 e. The average molecular weight is 282 g/mol. The second-order valence-electron chi connectivity index (χ2n) is 5.94. The Morgan fingerprint density at radius 2 is 2.10 bits per heavy atom. The number of fused-ring (bicyclic) bond motifs is 1. The van der Waals surface area contributed by atoms with Gasteiger partial charge in [0.1, 0.15) is 0 Å². The summed E-state index contributed by atoms with van der Waals surface area (Å²) >= 11 is 0. The monoisotopic (exact) mass is 282 g/mol. The molecule has 0 spiro atoms. The van der Waals surface area contributed by atoms with Crippen LogP contribution in [-0.4, -0.2) is 10.5 Å². The summed E-state index contributed by atoms with van der Waals surface area (Å²) in [5.74, 6) is 0.644. The van der Waals surface area contributed by atoms with Gasteiger partial charge in [0.05, 0.1) is 0 Å². The number of benzene rings is 1. The first-order valence-corrected chi connectivity index (χ1v) is 7.78. The molecule has 1 aromatic carbocycles. The van der Waals surface area contributed by atoms with Crippen LogP contribution in [-0.2, 0) is 11.3 Å². The molecule has 21 heavy (non-hydrogen) atoms. The predicted octanol–water partition coefficient (Wildman–Crippen LogP) is 4.35. The van der Waals surface area contributed by atoms with Gasteiger partial charge in [-0.25, -0.2) is 0 Å². The topological polar surface area (TPSA) is 34.0 Å². The zero-order chi connectivity index (χ0) is 14.7. The third kappa shape index (κ3) is 3.18. The molecule has 0 aliphatic heterocycles. The van der Waals surface area contributed by atoms with Crippen molar-refractivity contribution < 1.29 is 4.79 Å². The number of nitrogens with one attached hydrogen (secondary N) is 1. The van der Waals surface area contributed by atoms with Gasteiger partial charge in [-0.1, -0.05) is 25.8 Å². The first-order valence-electron chi connectivity index (χ1n) is 7.78. The molecule has 1 amide bonds. The fraction of sp³-hybridized carbons (Fsp3) is 0.389. The molecule has 1 aromatic heterocycles. The minimum absolute atomic E-state index is 0.170. The summed E-state index contributed by atoms with van der Waals surface area (Å²) in [5, 5.41) is 3.98. The van der Waals surface area contributed by atoms with Gasteiger partial charge in [0, 0.05) is 29.3 Å². The maximum atomic E-state index is 11.4. The largest absolute Gasteiger partial charge is 0.347 e. The Labute approximate surface area is 125 Å². The van der Waals surface area contributed by atoms with E-state index in [4.69, 9.17) is 0 Å². The summed E-state index contributed by atoms with van der Waals surface area (Å²) in [7, 11) is 0. The van der Waals surface area contributed by atoms with Crippen LogP contribution in [0.4, 0.5) is 5.69 Å². The molecule has 2 aromatic rings. The first-order chi connectivity index (χ1) is 10.3. The Hall–Kier alpha value is -2.03. The molecule has 3 rings (SSSR count). The van der Waals surface area contributed by atoms with Gasteiger partial charge in [0.2, 0.25) is 5.91 Å². The van der Waals surface area contributed by atoms with Crippen LogP contribution in [0.1, 0.15) is 32.1 Å². The summed E-state index contributed by atoms with van der Waals surface area (Å²) in [4.78, 5) is 11.4. The lowest BCUT2D eigenvalue weighted by atomic mass is 9.89. The predicted molar refractivity (Wildman–Crippen MR) is 87.3 cm³/mol. The van der Waals surface area contributed by atoms with E-state index in [1.165, 1.54) is 49.1 Å². The van der Waals surface area contributed by atoms with E-state index >= 15 is 0 Å². The molecule has 1 N–H and O–H groups in total. The number of hydrogen-bond donors (Lipinski definition) is 1. The SMILES string of the molecule is C=CC(=O)Nc1ccc2c(ccn2CC2CCCCC2)c1. The molecule has 0 radical (unpaired) electrons. The van der Waals surface area contributed by atoms with Crippen LogP contribution in [0.3, 0.4) is 0 Å². The number of anilines is 1. The summed E-state index contributed by atoms with van der Waals surface area (Å²) in [6.45, 7) is 4.59. The van der Waals surface area contributed by atoms with E-state index in [1.54, 1.807) is 0 Å². The molecule has 1 fully saturated rings. The molecular formula is C18H22N2O. The van der Waals surface area contributed by atoms with Crippen molar-refractivity contribution in [3.8, 4) is 0 Å². The third-order valence-electron chi connectivity index (χ3n) is 4.40. The Morgan fingerprint density at radius 1 is 1.29 bits per heavy atom. The molecule has 1 heterocycles. The molecule has 0 unspecified atom stereocenters. The van der Waals surface area contributed by atoms with Crippen LogP contribution in [0.15, 0.2) is 43.1 Å². The van der Waals surface area contributed by atoms with Gasteiger partial charge >= 0.3 is 0 Å². The highest BCUT2D eigenvalue weighted by Crippen LogP contribution is 2.27. The van der Waals surface area contributed by atoms with Crippen molar-refractivity contribution in [3.63, 3.8) is 0 Å². The van der Waals surface area contributed by atoms with Crippen molar-refractivity contribution in [1.29, 1.82) is 0 Å². The van der Waals surface area contributed by atoms with Gasteiger partial charge in [0.15, 0.2) is 0 Å². The molecule has 3 nitrogen and oxygen atoms in total. The van der Waals surface area contributed by atoms with Crippen LogP contribution in [0.2, 0.25) is 0 Å². The Bertz CT molecular complexity index is 650. The van der Waals surface area contributed by atoms with Gasteiger partial charge in [-0.2, -0.15) is 0 Å². The van der Waals surface area contributed by atoms with E-state index < -0.39 is 0 Å². The molecule has 0 bridgehead atoms. The number of rotatable bonds is 4. The zero-order valence-electron chi connectivity index (χ0n) is 12.3. The van der Waals surface area contributed by atoms with Gasteiger partial charge in [0.25, 0.3) is 0 Å². The van der Waals surface area contributed by atoms with E-state index in [2.05, 4.69) is 34.8 Å². The summed E-state index contributed by atoms with van der Waals surface area (Å²) < 4.78 is 2.35. The maximum absolute atomic E-state index is 11.4. The van der Waals surface area contributed by atoms with Crippen molar-refractivity contribution in [2.45, 2.75) is 38.6 Å². The number of amides is 1. The average Bonchev–Trinajstić information content (AvgIpc) is 2.90. The fourth-order valence-electron chi connectivity index (χ4n) is 3.28. The van der Waals surface area contributed by atoms with Crippen LogP contribution in [0.25, 0.3) is 10.9 Å². The number of carbonyl (C=O) groups is 1. The Morgan fingerprint density at radius 3 is 2.86 bits per heavy atom. The van der Waals surface area contributed by atoms with Crippen molar-refractivity contribution >= 4 is 22.5 Å². The number of nitrogens with zero attached hydrogens (tertiary/aromatic N) is 1. The minimum Gasteiger partial charge on any atom is -0.347 e. The number of carbonyl (C=O) groups excluding carboxylic acids is 1. The molecule has 0 atom stereocenters. The summed E-state index contributed by atoms with van der Waals surface area (Å²) in [5.41, 5.74) is 2.07. The smallest absolute Gasteiger partial charge is 0.247 e. The molecule has 3 heteroatoms.